The highest BCUT2D eigenvalue weighted by atomic mass is 16.4. The molecule has 90 valence electrons. The van der Waals surface area contributed by atoms with Gasteiger partial charge in [0, 0.05) is 6.04 Å². The van der Waals surface area contributed by atoms with E-state index in [2.05, 4.69) is 29.4 Å². The minimum absolute atomic E-state index is 0.296. The van der Waals surface area contributed by atoms with Crippen LogP contribution in [0.4, 0.5) is 6.01 Å². The SMILES string of the molecule is CC1(C)CCCC(Nc2nnc(CN)o2)C1. The molecule has 0 aliphatic heterocycles. The lowest BCUT2D eigenvalue weighted by atomic mass is 9.75. The summed E-state index contributed by atoms with van der Waals surface area (Å²) in [5.74, 6) is 0.484. The highest BCUT2D eigenvalue weighted by Crippen LogP contribution is 2.36. The van der Waals surface area contributed by atoms with E-state index in [1.165, 1.54) is 19.3 Å². The lowest BCUT2D eigenvalue weighted by molar-refractivity contribution is 0.227. The van der Waals surface area contributed by atoms with Crippen molar-refractivity contribution >= 4 is 6.01 Å². The van der Waals surface area contributed by atoms with Crippen LogP contribution in [-0.4, -0.2) is 16.2 Å². The zero-order valence-corrected chi connectivity index (χ0v) is 9.99. The molecule has 1 aliphatic rings. The Labute approximate surface area is 95.8 Å². The van der Waals surface area contributed by atoms with Crippen molar-refractivity contribution in [2.45, 2.75) is 52.1 Å². The quantitative estimate of drug-likeness (QED) is 0.820. The number of nitrogens with one attached hydrogen (secondary N) is 1. The van der Waals surface area contributed by atoms with E-state index in [9.17, 15) is 0 Å². The molecule has 1 aliphatic carbocycles. The van der Waals surface area contributed by atoms with Gasteiger partial charge in [0.1, 0.15) is 0 Å². The van der Waals surface area contributed by atoms with Gasteiger partial charge in [0.15, 0.2) is 0 Å². The van der Waals surface area contributed by atoms with Crippen molar-refractivity contribution in [2.24, 2.45) is 11.1 Å². The van der Waals surface area contributed by atoms with E-state index in [4.69, 9.17) is 10.2 Å². The standard InChI is InChI=1S/C11H20N4O/c1-11(2)5-3-4-8(6-11)13-10-15-14-9(7-12)16-10/h8H,3-7,12H2,1-2H3,(H,13,15). The van der Waals surface area contributed by atoms with E-state index >= 15 is 0 Å². The molecule has 5 heteroatoms. The van der Waals surface area contributed by atoms with Crippen LogP contribution in [0.15, 0.2) is 4.42 Å². The summed E-state index contributed by atoms with van der Waals surface area (Å²) < 4.78 is 5.35. The second kappa shape index (κ2) is 4.41. The molecule has 16 heavy (non-hydrogen) atoms. The molecule has 1 fully saturated rings. The first-order valence-corrected chi connectivity index (χ1v) is 5.88. The highest BCUT2D eigenvalue weighted by Gasteiger charge is 2.28. The Morgan fingerprint density at radius 1 is 1.50 bits per heavy atom. The fraction of sp³-hybridized carbons (Fsp3) is 0.818. The molecule has 0 saturated heterocycles. The monoisotopic (exact) mass is 224 g/mol. The largest absolute Gasteiger partial charge is 0.407 e. The molecule has 0 aromatic carbocycles. The Morgan fingerprint density at radius 3 is 2.94 bits per heavy atom. The predicted octanol–water partition coefficient (Wildman–Crippen LogP) is 1.91. The second-order valence-electron chi connectivity index (χ2n) is 5.31. The maximum atomic E-state index is 5.42. The molecule has 1 heterocycles. The summed E-state index contributed by atoms with van der Waals surface area (Å²) in [4.78, 5) is 0. The van der Waals surface area contributed by atoms with E-state index in [1.54, 1.807) is 0 Å². The molecular formula is C11H20N4O. The zero-order chi connectivity index (χ0) is 11.6. The summed E-state index contributed by atoms with van der Waals surface area (Å²) in [6.07, 6.45) is 4.86. The summed E-state index contributed by atoms with van der Waals surface area (Å²) in [6.45, 7) is 4.91. The Bertz CT molecular complexity index is 348. The van der Waals surface area contributed by atoms with Gasteiger partial charge in [-0.25, -0.2) is 0 Å². The van der Waals surface area contributed by atoms with Gasteiger partial charge in [-0.2, -0.15) is 0 Å². The fourth-order valence-corrected chi connectivity index (χ4v) is 2.39. The molecule has 2 rings (SSSR count). The zero-order valence-electron chi connectivity index (χ0n) is 9.99. The van der Waals surface area contributed by atoms with Crippen molar-refractivity contribution < 1.29 is 4.42 Å². The first-order chi connectivity index (χ1) is 7.59. The van der Waals surface area contributed by atoms with Crippen LogP contribution in [0.3, 0.4) is 0 Å². The summed E-state index contributed by atoms with van der Waals surface area (Å²) >= 11 is 0. The number of rotatable bonds is 3. The Balaban J connectivity index is 1.94. The van der Waals surface area contributed by atoms with Crippen LogP contribution >= 0.6 is 0 Å². The summed E-state index contributed by atoms with van der Waals surface area (Å²) in [5.41, 5.74) is 5.82. The average molecular weight is 224 g/mol. The molecule has 1 aromatic rings. The molecule has 0 radical (unpaired) electrons. The topological polar surface area (TPSA) is 77.0 Å². The first kappa shape index (κ1) is 11.4. The van der Waals surface area contributed by atoms with Crippen LogP contribution in [0.5, 0.6) is 0 Å². The molecule has 5 nitrogen and oxygen atoms in total. The maximum Gasteiger partial charge on any atom is 0.315 e. The van der Waals surface area contributed by atoms with Crippen LogP contribution < -0.4 is 11.1 Å². The van der Waals surface area contributed by atoms with Gasteiger partial charge in [0.2, 0.25) is 5.89 Å². The molecule has 0 spiro atoms. The number of hydrogen-bond acceptors (Lipinski definition) is 5. The van der Waals surface area contributed by atoms with Crippen LogP contribution in [0.1, 0.15) is 45.4 Å². The first-order valence-electron chi connectivity index (χ1n) is 5.88. The van der Waals surface area contributed by atoms with Gasteiger partial charge in [-0.15, -0.1) is 5.10 Å². The van der Waals surface area contributed by atoms with Crippen LogP contribution in [-0.2, 0) is 6.54 Å². The van der Waals surface area contributed by atoms with E-state index in [-0.39, 0.29) is 0 Å². The van der Waals surface area contributed by atoms with Gasteiger partial charge in [0.25, 0.3) is 0 Å². The van der Waals surface area contributed by atoms with Crippen molar-refractivity contribution in [3.63, 3.8) is 0 Å². The highest BCUT2D eigenvalue weighted by molar-refractivity contribution is 5.20. The van der Waals surface area contributed by atoms with E-state index in [1.807, 2.05) is 0 Å². The number of aromatic nitrogens is 2. The van der Waals surface area contributed by atoms with Gasteiger partial charge in [-0.3, -0.25) is 0 Å². The summed E-state index contributed by atoms with van der Waals surface area (Å²) in [7, 11) is 0. The van der Waals surface area contributed by atoms with Crippen LogP contribution in [0.25, 0.3) is 0 Å². The van der Waals surface area contributed by atoms with Gasteiger partial charge in [0.05, 0.1) is 6.54 Å². The molecule has 1 aromatic heterocycles. The smallest absolute Gasteiger partial charge is 0.315 e. The lowest BCUT2D eigenvalue weighted by Gasteiger charge is -2.35. The third-order valence-electron chi connectivity index (χ3n) is 3.17. The summed E-state index contributed by atoms with van der Waals surface area (Å²) in [5, 5.41) is 11.0. The Hall–Kier alpha value is -1.10. The third kappa shape index (κ3) is 2.72. The fourth-order valence-electron chi connectivity index (χ4n) is 2.39. The summed E-state index contributed by atoms with van der Waals surface area (Å²) in [6, 6.07) is 0.943. The van der Waals surface area contributed by atoms with Crippen molar-refractivity contribution in [3.8, 4) is 0 Å². The van der Waals surface area contributed by atoms with Gasteiger partial charge in [-0.05, 0) is 24.7 Å². The number of anilines is 1. The van der Waals surface area contributed by atoms with Crippen LogP contribution in [0.2, 0.25) is 0 Å². The number of nitrogens with zero attached hydrogens (tertiary/aromatic N) is 2. The van der Waals surface area contributed by atoms with E-state index < -0.39 is 0 Å². The van der Waals surface area contributed by atoms with Gasteiger partial charge < -0.3 is 15.5 Å². The van der Waals surface area contributed by atoms with Crippen molar-refractivity contribution in [2.75, 3.05) is 5.32 Å². The van der Waals surface area contributed by atoms with Crippen molar-refractivity contribution in [3.05, 3.63) is 5.89 Å². The third-order valence-corrected chi connectivity index (χ3v) is 3.17. The molecule has 1 saturated carbocycles. The van der Waals surface area contributed by atoms with Crippen molar-refractivity contribution in [1.82, 2.24) is 10.2 Å². The van der Waals surface area contributed by atoms with Gasteiger partial charge >= 0.3 is 6.01 Å². The molecule has 0 amide bonds. The molecule has 3 N–H and O–H groups in total. The molecule has 0 bridgehead atoms. The lowest BCUT2D eigenvalue weighted by Crippen LogP contribution is -2.31. The van der Waals surface area contributed by atoms with E-state index in [0.717, 1.165) is 6.42 Å². The normalized spacial score (nSPS) is 24.3. The minimum Gasteiger partial charge on any atom is -0.407 e. The minimum atomic E-state index is 0.296. The predicted molar refractivity (Wildman–Crippen MR) is 61.8 cm³/mol. The molecular weight excluding hydrogens is 204 g/mol. The van der Waals surface area contributed by atoms with E-state index in [0.29, 0.717) is 29.9 Å². The second-order valence-corrected chi connectivity index (χ2v) is 5.31. The maximum absolute atomic E-state index is 5.42. The number of nitrogens with two attached hydrogens (primary N) is 1. The average Bonchev–Trinajstić information content (AvgIpc) is 2.64. The van der Waals surface area contributed by atoms with Crippen molar-refractivity contribution in [1.29, 1.82) is 0 Å². The van der Waals surface area contributed by atoms with Gasteiger partial charge in [-0.1, -0.05) is 25.4 Å². The Morgan fingerprint density at radius 2 is 2.31 bits per heavy atom. The number of hydrogen-bond donors (Lipinski definition) is 2. The Kier molecular flexibility index (Phi) is 3.14. The van der Waals surface area contributed by atoms with Crippen LogP contribution in [0, 0.1) is 5.41 Å². The molecule has 1 unspecified atom stereocenters. The molecule has 1 atom stereocenters.